The number of aromatic nitrogens is 1. The number of pyridine rings is 1. The van der Waals surface area contributed by atoms with Crippen molar-refractivity contribution < 1.29 is 4.74 Å². The highest BCUT2D eigenvalue weighted by Gasteiger charge is 2.29. The van der Waals surface area contributed by atoms with Gasteiger partial charge in [0.15, 0.2) is 5.72 Å². The third-order valence-electron chi connectivity index (χ3n) is 3.29. The van der Waals surface area contributed by atoms with Crippen molar-refractivity contribution in [1.82, 2.24) is 4.57 Å². The Hall–Kier alpha value is -3.07. The van der Waals surface area contributed by atoms with Gasteiger partial charge in [0.1, 0.15) is 11.6 Å². The molecule has 2 N–H and O–H groups in total. The van der Waals surface area contributed by atoms with Crippen LogP contribution in [-0.4, -0.2) is 16.1 Å². The number of nitrogens with zero attached hydrogens (tertiary/aromatic N) is 3. The standard InChI is InChI=1S/C16H14N4O2/c1-16(2)19-14(20-7-3-4-12(18)15(20)21)11-8-10(9-17)5-6-13(11)22-16/h3-8H,18H2,1-2H3. The van der Waals surface area contributed by atoms with Crippen molar-refractivity contribution in [1.29, 1.82) is 5.26 Å². The molecule has 1 aromatic carbocycles. The molecular formula is C16H14N4O2. The summed E-state index contributed by atoms with van der Waals surface area (Å²) < 4.78 is 7.17. The zero-order valence-corrected chi connectivity index (χ0v) is 12.2. The van der Waals surface area contributed by atoms with E-state index in [2.05, 4.69) is 11.1 Å². The largest absolute Gasteiger partial charge is 0.466 e. The number of hydrogen-bond donors (Lipinski definition) is 1. The van der Waals surface area contributed by atoms with Gasteiger partial charge in [0.25, 0.3) is 5.56 Å². The lowest BCUT2D eigenvalue weighted by Gasteiger charge is -2.30. The van der Waals surface area contributed by atoms with E-state index in [-0.39, 0.29) is 11.2 Å². The van der Waals surface area contributed by atoms with E-state index < -0.39 is 5.72 Å². The molecule has 0 saturated heterocycles. The van der Waals surface area contributed by atoms with Crippen LogP contribution in [0.1, 0.15) is 25.0 Å². The average Bonchev–Trinajstić information content (AvgIpc) is 2.48. The molecule has 0 fully saturated rings. The Kier molecular flexibility index (Phi) is 2.99. The fourth-order valence-electron chi connectivity index (χ4n) is 2.33. The molecule has 0 saturated carbocycles. The average molecular weight is 294 g/mol. The monoisotopic (exact) mass is 294 g/mol. The van der Waals surface area contributed by atoms with Crippen molar-refractivity contribution in [2.75, 3.05) is 5.73 Å². The third-order valence-corrected chi connectivity index (χ3v) is 3.29. The molecule has 0 radical (unpaired) electrons. The summed E-state index contributed by atoms with van der Waals surface area (Å²) in [6, 6.07) is 10.3. The summed E-state index contributed by atoms with van der Waals surface area (Å²) in [5.74, 6) is 0.990. The summed E-state index contributed by atoms with van der Waals surface area (Å²) in [4.78, 5) is 16.8. The van der Waals surface area contributed by atoms with Gasteiger partial charge in [-0.25, -0.2) is 4.99 Å². The van der Waals surface area contributed by atoms with Crippen LogP contribution in [0.25, 0.3) is 0 Å². The molecule has 1 aliphatic heterocycles. The smallest absolute Gasteiger partial charge is 0.279 e. The summed E-state index contributed by atoms with van der Waals surface area (Å²) >= 11 is 0. The van der Waals surface area contributed by atoms with E-state index in [1.165, 1.54) is 10.6 Å². The molecule has 3 rings (SSSR count). The summed E-state index contributed by atoms with van der Waals surface area (Å²) in [6.07, 6.45) is 1.60. The van der Waals surface area contributed by atoms with E-state index in [0.717, 1.165) is 0 Å². The van der Waals surface area contributed by atoms with Crippen LogP contribution in [0.5, 0.6) is 5.75 Å². The van der Waals surface area contributed by atoms with Crippen LogP contribution in [0, 0.1) is 11.3 Å². The molecule has 0 unspecified atom stereocenters. The lowest BCUT2D eigenvalue weighted by Crippen LogP contribution is -2.38. The molecule has 1 aliphatic rings. The zero-order valence-electron chi connectivity index (χ0n) is 12.2. The second-order valence-electron chi connectivity index (χ2n) is 5.45. The number of hydrogen-bond acceptors (Lipinski definition) is 5. The molecule has 0 aliphatic carbocycles. The molecule has 6 nitrogen and oxygen atoms in total. The highest BCUT2D eigenvalue weighted by molar-refractivity contribution is 6.04. The molecule has 1 aromatic heterocycles. The Labute approximate surface area is 127 Å². The lowest BCUT2D eigenvalue weighted by atomic mass is 10.1. The first-order chi connectivity index (χ1) is 10.4. The van der Waals surface area contributed by atoms with Crippen LogP contribution in [0.2, 0.25) is 0 Å². The second-order valence-corrected chi connectivity index (χ2v) is 5.45. The highest BCUT2D eigenvalue weighted by atomic mass is 16.5. The number of benzene rings is 1. The SMILES string of the molecule is CC1(C)N=C(n2cccc(N)c2=O)c2cc(C#N)ccc2O1. The number of anilines is 1. The fraction of sp³-hybridized carbons (Fsp3) is 0.188. The van der Waals surface area contributed by atoms with Gasteiger partial charge in [-0.15, -0.1) is 0 Å². The number of aliphatic imine (C=N–C) groups is 1. The van der Waals surface area contributed by atoms with E-state index in [4.69, 9.17) is 15.7 Å². The van der Waals surface area contributed by atoms with E-state index in [1.807, 2.05) is 0 Å². The predicted octanol–water partition coefficient (Wildman–Crippen LogP) is 1.73. The first-order valence-corrected chi connectivity index (χ1v) is 6.72. The molecule has 2 heterocycles. The van der Waals surface area contributed by atoms with Crippen LogP contribution in [0.4, 0.5) is 5.69 Å². The Morgan fingerprint density at radius 1 is 1.36 bits per heavy atom. The van der Waals surface area contributed by atoms with Gasteiger partial charge in [0, 0.05) is 6.20 Å². The molecule has 0 amide bonds. The molecule has 0 spiro atoms. The van der Waals surface area contributed by atoms with Crippen molar-refractivity contribution in [3.8, 4) is 11.8 Å². The third kappa shape index (κ3) is 2.23. The first-order valence-electron chi connectivity index (χ1n) is 6.72. The maximum Gasteiger partial charge on any atom is 0.279 e. The number of nitriles is 1. The topological polar surface area (TPSA) is 93.4 Å². The molecule has 22 heavy (non-hydrogen) atoms. The Morgan fingerprint density at radius 3 is 2.86 bits per heavy atom. The number of nitrogen functional groups attached to an aromatic ring is 1. The molecular weight excluding hydrogens is 280 g/mol. The Bertz CT molecular complexity index is 888. The quantitative estimate of drug-likeness (QED) is 0.800. The van der Waals surface area contributed by atoms with Gasteiger partial charge in [-0.1, -0.05) is 0 Å². The Morgan fingerprint density at radius 2 is 2.14 bits per heavy atom. The number of nitrogens with two attached hydrogens (primary N) is 1. The molecule has 6 heteroatoms. The maximum absolute atomic E-state index is 12.3. The van der Waals surface area contributed by atoms with Crippen LogP contribution in [0.15, 0.2) is 46.3 Å². The zero-order chi connectivity index (χ0) is 15.9. The van der Waals surface area contributed by atoms with Crippen molar-refractivity contribution in [2.24, 2.45) is 4.99 Å². The van der Waals surface area contributed by atoms with Gasteiger partial charge in [0.05, 0.1) is 22.9 Å². The van der Waals surface area contributed by atoms with E-state index in [1.54, 1.807) is 44.3 Å². The minimum atomic E-state index is -0.819. The fourth-order valence-corrected chi connectivity index (χ4v) is 2.33. The molecule has 0 atom stereocenters. The van der Waals surface area contributed by atoms with Crippen LogP contribution in [-0.2, 0) is 0 Å². The van der Waals surface area contributed by atoms with Crippen LogP contribution >= 0.6 is 0 Å². The van der Waals surface area contributed by atoms with Crippen LogP contribution in [0.3, 0.4) is 0 Å². The number of ether oxygens (including phenoxy) is 1. The summed E-state index contributed by atoms with van der Waals surface area (Å²) in [7, 11) is 0. The molecule has 0 bridgehead atoms. The van der Waals surface area contributed by atoms with Gasteiger partial charge in [0.2, 0.25) is 0 Å². The normalized spacial score (nSPS) is 15.2. The van der Waals surface area contributed by atoms with Crippen molar-refractivity contribution in [3.05, 3.63) is 58.0 Å². The van der Waals surface area contributed by atoms with Crippen molar-refractivity contribution >= 4 is 11.5 Å². The summed E-state index contributed by atoms with van der Waals surface area (Å²) in [6.45, 7) is 3.59. The maximum atomic E-state index is 12.3. The van der Waals surface area contributed by atoms with Gasteiger partial charge in [-0.05, 0) is 44.2 Å². The van der Waals surface area contributed by atoms with E-state index >= 15 is 0 Å². The van der Waals surface area contributed by atoms with Gasteiger partial charge in [-0.3, -0.25) is 9.36 Å². The van der Waals surface area contributed by atoms with E-state index in [9.17, 15) is 4.79 Å². The summed E-state index contributed by atoms with van der Waals surface area (Å²) in [5.41, 5.74) is 5.71. The Balaban J connectivity index is 2.30. The van der Waals surface area contributed by atoms with Crippen LogP contribution < -0.4 is 16.0 Å². The number of rotatable bonds is 0. The van der Waals surface area contributed by atoms with Gasteiger partial charge in [-0.2, -0.15) is 5.26 Å². The van der Waals surface area contributed by atoms with Crippen molar-refractivity contribution in [3.63, 3.8) is 0 Å². The lowest BCUT2D eigenvalue weighted by molar-refractivity contribution is 0.114. The summed E-state index contributed by atoms with van der Waals surface area (Å²) in [5, 5.41) is 9.08. The highest BCUT2D eigenvalue weighted by Crippen LogP contribution is 2.31. The number of fused-ring (bicyclic) bond motifs is 1. The van der Waals surface area contributed by atoms with Crippen molar-refractivity contribution in [2.45, 2.75) is 19.6 Å². The first kappa shape index (κ1) is 13.9. The predicted molar refractivity (Wildman–Crippen MR) is 82.9 cm³/mol. The van der Waals surface area contributed by atoms with Gasteiger partial charge >= 0.3 is 0 Å². The molecule has 110 valence electrons. The molecule has 2 aromatic rings. The second kappa shape index (κ2) is 4.74. The minimum Gasteiger partial charge on any atom is -0.466 e. The minimum absolute atomic E-state index is 0.132. The van der Waals surface area contributed by atoms with Gasteiger partial charge < -0.3 is 10.5 Å². The van der Waals surface area contributed by atoms with E-state index in [0.29, 0.717) is 22.7 Å².